The van der Waals surface area contributed by atoms with Crippen molar-refractivity contribution >= 4 is 34.7 Å². The molecule has 1 unspecified atom stereocenters. The maximum Gasteiger partial charge on any atom is 0.335 e. The highest BCUT2D eigenvalue weighted by Gasteiger charge is 2.71. The molecule has 3 aromatic carbocycles. The zero-order valence-electron chi connectivity index (χ0n) is 31.7. The highest BCUT2D eigenvalue weighted by atomic mass is 32.2. The Balaban J connectivity index is 1.19. The molecule has 7 atom stereocenters. The zero-order valence-corrected chi connectivity index (χ0v) is 32.5. The second kappa shape index (κ2) is 11.1. The molecule has 4 bridgehead atoms. The Morgan fingerprint density at radius 1 is 1.07 bits per heavy atom. The molecule has 286 valence electrons. The van der Waals surface area contributed by atoms with E-state index in [1.165, 1.54) is 6.92 Å². The van der Waals surface area contributed by atoms with Crippen molar-refractivity contribution in [2.45, 2.75) is 87.5 Å². The molecule has 1 aromatic heterocycles. The van der Waals surface area contributed by atoms with Crippen LogP contribution in [0.5, 0.6) is 28.7 Å². The molecule has 3 fully saturated rings. The number of aromatic hydroxyl groups is 1. The lowest BCUT2D eigenvalue weighted by Crippen LogP contribution is -2.66. The number of ether oxygens (including phenoxy) is 5. The summed E-state index contributed by atoms with van der Waals surface area (Å²) in [4.78, 5) is 33.0. The maximum absolute atomic E-state index is 14.9. The fraction of sp³-hybridized carbons (Fsp3) is 0.476. The van der Waals surface area contributed by atoms with Crippen LogP contribution in [0.1, 0.15) is 89.2 Å². The Kier molecular flexibility index (Phi) is 6.84. The SMILES string of the molecule is COc1c(C)cc2c(c1O)[C@@H]1[C@@H]3[C@@H]4SC[C@]5(NCCc6c5oc5ccccc65)C(=O)OC[C@@H](c5c6c(c(C)c(OC(C)=O)c54)OCO6)N3C3(C)CN1[C@]2(C)C3. The van der Waals surface area contributed by atoms with E-state index < -0.39 is 29.1 Å². The first-order valence-corrected chi connectivity index (χ1v) is 20.1. The third-order valence-electron chi connectivity index (χ3n) is 13.7. The summed E-state index contributed by atoms with van der Waals surface area (Å²) in [6, 6.07) is 9.06. The molecule has 12 nitrogen and oxygen atoms in total. The van der Waals surface area contributed by atoms with Gasteiger partial charge in [0.05, 0.1) is 24.4 Å². The number of esters is 2. The minimum absolute atomic E-state index is 0.00612. The van der Waals surface area contributed by atoms with E-state index in [1.54, 1.807) is 18.9 Å². The van der Waals surface area contributed by atoms with E-state index in [0.29, 0.717) is 47.3 Å². The van der Waals surface area contributed by atoms with Crippen LogP contribution in [0.3, 0.4) is 0 Å². The fourth-order valence-electron chi connectivity index (χ4n) is 11.8. The van der Waals surface area contributed by atoms with Gasteiger partial charge < -0.3 is 33.2 Å². The molecule has 9 heterocycles. The van der Waals surface area contributed by atoms with Crippen LogP contribution in [0.2, 0.25) is 0 Å². The first kappa shape index (κ1) is 33.9. The van der Waals surface area contributed by atoms with Crippen molar-refractivity contribution in [1.82, 2.24) is 15.1 Å². The van der Waals surface area contributed by atoms with Crippen LogP contribution in [-0.4, -0.2) is 77.8 Å². The third kappa shape index (κ3) is 4.09. The number of fused-ring (bicyclic) bond motifs is 11. The van der Waals surface area contributed by atoms with Crippen molar-refractivity contribution < 1.29 is 42.8 Å². The average molecular weight is 766 g/mol. The first-order chi connectivity index (χ1) is 26.4. The number of para-hydroxylation sites is 1. The van der Waals surface area contributed by atoms with Crippen molar-refractivity contribution in [3.63, 3.8) is 0 Å². The predicted molar refractivity (Wildman–Crippen MR) is 202 cm³/mol. The Hall–Kier alpha value is -4.43. The van der Waals surface area contributed by atoms with E-state index >= 15 is 0 Å². The summed E-state index contributed by atoms with van der Waals surface area (Å²) >= 11 is 1.63. The Morgan fingerprint density at radius 3 is 2.67 bits per heavy atom. The number of carbonyl (C=O) groups excluding carboxylic acids is 2. The Bertz CT molecular complexity index is 2410. The van der Waals surface area contributed by atoms with Gasteiger partial charge in [-0.15, -0.1) is 11.8 Å². The molecule has 2 N–H and O–H groups in total. The van der Waals surface area contributed by atoms with Crippen LogP contribution >= 0.6 is 11.8 Å². The van der Waals surface area contributed by atoms with Crippen molar-refractivity contribution in [3.05, 3.63) is 75.0 Å². The number of rotatable bonds is 2. The molecule has 0 aliphatic carbocycles. The normalized spacial score (nSPS) is 32.6. The Morgan fingerprint density at radius 2 is 1.87 bits per heavy atom. The van der Waals surface area contributed by atoms with Gasteiger partial charge in [-0.3, -0.25) is 19.9 Å². The van der Waals surface area contributed by atoms with Gasteiger partial charge in [0.15, 0.2) is 28.5 Å². The van der Waals surface area contributed by atoms with E-state index in [1.807, 2.05) is 38.1 Å². The number of methoxy groups -OCH3 is 1. The molecular weight excluding hydrogens is 723 g/mol. The van der Waals surface area contributed by atoms with Gasteiger partial charge in [-0.2, -0.15) is 0 Å². The van der Waals surface area contributed by atoms with Crippen molar-refractivity contribution in [3.8, 4) is 28.7 Å². The number of hydrogen-bond donors (Lipinski definition) is 2. The van der Waals surface area contributed by atoms with Crippen LogP contribution in [0.25, 0.3) is 11.0 Å². The standard InChI is InChI=1S/C42H43N3O9S/c1-19-13-24-27(32(47)33(19)49-6)30-31-37-29-28(36-35(51-18-52-36)20(2)34(29)53-21(3)46)25(45(31)40(4)15-41(24,5)44(30)16-40)14-50-39(48)42(17-55-37)38-23(11-12-43-42)22-9-7-8-10-26(22)54-38/h7-10,13,25,30-31,37,43,47H,11-12,14-18H2,1-6H3/t25-,30+,31+,37+,40?,41+,42+/m0/s1. The fourth-order valence-corrected chi connectivity index (χ4v) is 13.5. The van der Waals surface area contributed by atoms with Gasteiger partial charge in [-0.1, -0.05) is 18.2 Å². The number of aryl methyl sites for hydroxylation is 1. The number of thioether (sulfide) groups is 1. The van der Waals surface area contributed by atoms with Crippen LogP contribution in [0, 0.1) is 13.8 Å². The van der Waals surface area contributed by atoms with Crippen molar-refractivity contribution in [2.24, 2.45) is 0 Å². The molecule has 4 aromatic rings. The lowest BCUT2D eigenvalue weighted by molar-refractivity contribution is -0.158. The summed E-state index contributed by atoms with van der Waals surface area (Å²) < 4.78 is 37.7. The molecular formula is C42H43N3O9S. The topological polar surface area (TPSA) is 132 Å². The molecule has 12 rings (SSSR count). The molecule has 0 radical (unpaired) electrons. The van der Waals surface area contributed by atoms with E-state index in [2.05, 4.69) is 35.0 Å². The molecule has 0 saturated carbocycles. The average Bonchev–Trinajstić information content (AvgIpc) is 3.90. The maximum atomic E-state index is 14.9. The molecule has 55 heavy (non-hydrogen) atoms. The van der Waals surface area contributed by atoms with Gasteiger partial charge >= 0.3 is 11.9 Å². The van der Waals surface area contributed by atoms with Gasteiger partial charge in [0.25, 0.3) is 0 Å². The molecule has 8 aliphatic rings. The van der Waals surface area contributed by atoms with Crippen molar-refractivity contribution in [2.75, 3.05) is 39.4 Å². The van der Waals surface area contributed by atoms with E-state index in [9.17, 15) is 14.7 Å². The van der Waals surface area contributed by atoms with E-state index in [4.69, 9.17) is 28.1 Å². The minimum Gasteiger partial charge on any atom is -0.504 e. The van der Waals surface area contributed by atoms with Gasteiger partial charge in [0.2, 0.25) is 6.79 Å². The summed E-state index contributed by atoms with van der Waals surface area (Å²) in [6.07, 6.45) is 1.49. The van der Waals surface area contributed by atoms with Crippen LogP contribution in [0.15, 0.2) is 34.7 Å². The molecule has 3 saturated heterocycles. The first-order valence-electron chi connectivity index (χ1n) is 19.1. The number of piperazine rings is 1. The summed E-state index contributed by atoms with van der Waals surface area (Å²) in [5.74, 6) is 2.22. The Labute approximate surface area is 322 Å². The summed E-state index contributed by atoms with van der Waals surface area (Å²) in [7, 11) is 1.60. The number of nitrogens with one attached hydrogen (secondary N) is 1. The highest BCUT2D eigenvalue weighted by Crippen LogP contribution is 2.71. The second-order valence-electron chi connectivity index (χ2n) is 16.7. The molecule has 13 heteroatoms. The smallest absolute Gasteiger partial charge is 0.335 e. The van der Waals surface area contributed by atoms with Gasteiger partial charge in [0.1, 0.15) is 23.7 Å². The minimum atomic E-state index is -1.28. The van der Waals surface area contributed by atoms with Crippen molar-refractivity contribution in [1.29, 1.82) is 0 Å². The summed E-state index contributed by atoms with van der Waals surface area (Å²) in [6.45, 7) is 11.2. The number of carbonyl (C=O) groups is 2. The van der Waals surface area contributed by atoms with Crippen LogP contribution < -0.4 is 24.3 Å². The van der Waals surface area contributed by atoms with E-state index in [-0.39, 0.29) is 47.8 Å². The largest absolute Gasteiger partial charge is 0.504 e. The van der Waals surface area contributed by atoms with Crippen LogP contribution in [0.4, 0.5) is 0 Å². The number of phenols is 1. The number of hydrogen-bond acceptors (Lipinski definition) is 13. The number of phenolic OH excluding ortho intramolecular Hbond substituents is 1. The summed E-state index contributed by atoms with van der Waals surface area (Å²) in [5, 5.41) is 16.4. The number of benzene rings is 3. The number of furan rings is 1. The lowest BCUT2D eigenvalue weighted by Gasteiger charge is -2.60. The van der Waals surface area contributed by atoms with Gasteiger partial charge in [-0.05, 0) is 63.8 Å². The van der Waals surface area contributed by atoms with E-state index in [0.717, 1.165) is 57.3 Å². The molecule has 0 amide bonds. The molecule has 1 spiro atoms. The zero-order chi connectivity index (χ0) is 37.9. The van der Waals surface area contributed by atoms with Crippen LogP contribution in [-0.2, 0) is 31.8 Å². The lowest BCUT2D eigenvalue weighted by atomic mass is 9.72. The predicted octanol–water partition coefficient (Wildman–Crippen LogP) is 5.96. The summed E-state index contributed by atoms with van der Waals surface area (Å²) in [5.41, 5.74) is 4.88. The molecule has 8 aliphatic heterocycles. The third-order valence-corrected chi connectivity index (χ3v) is 15.2. The monoisotopic (exact) mass is 765 g/mol. The quantitative estimate of drug-likeness (QED) is 0.184. The van der Waals surface area contributed by atoms with Gasteiger partial charge in [-0.25, -0.2) is 4.79 Å². The second-order valence-corrected chi connectivity index (χ2v) is 17.9. The highest BCUT2D eigenvalue weighted by molar-refractivity contribution is 7.99. The van der Waals surface area contributed by atoms with Gasteiger partial charge in [0, 0.05) is 76.1 Å². The number of nitrogens with zero attached hydrogens (tertiary/aromatic N) is 2.